The van der Waals surface area contributed by atoms with Gasteiger partial charge in [-0.3, -0.25) is 4.79 Å². The lowest BCUT2D eigenvalue weighted by Crippen LogP contribution is -2.42. The van der Waals surface area contributed by atoms with Crippen molar-refractivity contribution in [3.8, 4) is 0 Å². The minimum absolute atomic E-state index is 0.00426. The van der Waals surface area contributed by atoms with Crippen molar-refractivity contribution in [1.82, 2.24) is 0 Å². The summed E-state index contributed by atoms with van der Waals surface area (Å²) in [5, 5.41) is 0. The second-order valence-corrected chi connectivity index (χ2v) is 4.43. The lowest BCUT2D eigenvalue weighted by Gasteiger charge is -2.38. The molecular weight excluding hydrogens is 208 g/mol. The molecule has 0 aromatic carbocycles. The number of rotatable bonds is 0. The summed E-state index contributed by atoms with van der Waals surface area (Å²) >= 11 is 3.58. The van der Waals surface area contributed by atoms with Crippen molar-refractivity contribution in [3.63, 3.8) is 0 Å². The van der Waals surface area contributed by atoms with Gasteiger partial charge >= 0.3 is 5.97 Å². The predicted molar refractivity (Wildman–Crippen MR) is 44.6 cm³/mol. The predicted octanol–water partition coefficient (Wildman–Crippen LogP) is 1.87. The highest BCUT2D eigenvalue weighted by atomic mass is 79.9. The first-order chi connectivity index (χ1) is 5.27. The van der Waals surface area contributed by atoms with Gasteiger partial charge in [-0.1, -0.05) is 15.9 Å². The minimum atomic E-state index is -0.00426. The molecule has 2 nitrogen and oxygen atoms in total. The van der Waals surface area contributed by atoms with E-state index in [1.54, 1.807) is 0 Å². The second kappa shape index (κ2) is 2.77. The fourth-order valence-electron chi connectivity index (χ4n) is 1.97. The summed E-state index contributed by atoms with van der Waals surface area (Å²) in [6, 6.07) is 0. The molecule has 62 valence electrons. The van der Waals surface area contributed by atoms with Crippen molar-refractivity contribution in [2.45, 2.75) is 36.6 Å². The average molecular weight is 219 g/mol. The van der Waals surface area contributed by atoms with Crippen LogP contribution in [0.4, 0.5) is 0 Å². The van der Waals surface area contributed by atoms with E-state index < -0.39 is 0 Å². The van der Waals surface area contributed by atoms with Gasteiger partial charge in [-0.2, -0.15) is 0 Å². The van der Waals surface area contributed by atoms with Crippen LogP contribution in [-0.4, -0.2) is 16.9 Å². The van der Waals surface area contributed by atoms with Crippen LogP contribution in [0.15, 0.2) is 0 Å². The van der Waals surface area contributed by atoms with Gasteiger partial charge in [-0.25, -0.2) is 0 Å². The number of hydrogen-bond acceptors (Lipinski definition) is 2. The molecule has 0 spiro atoms. The summed E-state index contributed by atoms with van der Waals surface area (Å²) in [6.07, 6.45) is 4.21. The Morgan fingerprint density at radius 3 is 3.00 bits per heavy atom. The molecule has 11 heavy (non-hydrogen) atoms. The van der Waals surface area contributed by atoms with Gasteiger partial charge in [-0.15, -0.1) is 0 Å². The zero-order valence-electron chi connectivity index (χ0n) is 6.25. The molecule has 2 rings (SSSR count). The van der Waals surface area contributed by atoms with Gasteiger partial charge in [-0.05, 0) is 25.2 Å². The first-order valence-electron chi connectivity index (χ1n) is 4.11. The van der Waals surface area contributed by atoms with Gasteiger partial charge in [0.05, 0.1) is 4.83 Å². The Labute approximate surface area is 74.4 Å². The monoisotopic (exact) mass is 218 g/mol. The van der Waals surface area contributed by atoms with E-state index in [1.165, 1.54) is 12.8 Å². The summed E-state index contributed by atoms with van der Waals surface area (Å²) in [6.45, 7) is 0. The highest BCUT2D eigenvalue weighted by Gasteiger charge is 2.39. The fraction of sp³-hybridized carbons (Fsp3) is 0.875. The number of hydrogen-bond donors (Lipinski definition) is 0. The van der Waals surface area contributed by atoms with Gasteiger partial charge in [0.1, 0.15) is 6.10 Å². The number of carbonyl (C=O) groups excluding carboxylic acids is 1. The van der Waals surface area contributed by atoms with Crippen molar-refractivity contribution >= 4 is 21.9 Å². The van der Waals surface area contributed by atoms with E-state index >= 15 is 0 Å². The summed E-state index contributed by atoms with van der Waals surface area (Å²) in [5.74, 6) is 0.533. The van der Waals surface area contributed by atoms with Gasteiger partial charge in [0.15, 0.2) is 0 Å². The molecule has 1 aliphatic carbocycles. The first-order valence-corrected chi connectivity index (χ1v) is 5.02. The molecule has 3 heteroatoms. The van der Waals surface area contributed by atoms with Crippen LogP contribution in [0.1, 0.15) is 25.7 Å². The largest absolute Gasteiger partial charge is 0.461 e. The molecule has 2 fully saturated rings. The number of fused-ring (bicyclic) bond motifs is 2. The standard InChI is InChI=1S/C8H11BrO2/c9-8-5-2-1-3-6(8)11-7(10)4-5/h5-6,8H,1-4H2/t5-,6-,8?/m1/s1. The zero-order valence-corrected chi connectivity index (χ0v) is 7.84. The number of carbonyl (C=O) groups is 1. The maximum atomic E-state index is 11.0. The second-order valence-electron chi connectivity index (χ2n) is 3.37. The molecule has 1 heterocycles. The molecule has 0 aromatic heterocycles. The molecule has 1 saturated carbocycles. The van der Waals surface area contributed by atoms with Crippen LogP contribution in [0, 0.1) is 5.92 Å². The molecular formula is C8H11BrO2. The number of alkyl halides is 1. The smallest absolute Gasteiger partial charge is 0.306 e. The fourth-order valence-corrected chi connectivity index (χ4v) is 2.80. The van der Waals surface area contributed by atoms with Crippen LogP contribution in [0.5, 0.6) is 0 Å². The Bertz CT molecular complexity index is 165. The van der Waals surface area contributed by atoms with Crippen LogP contribution in [0.3, 0.4) is 0 Å². The molecule has 0 amide bonds. The quantitative estimate of drug-likeness (QED) is 0.459. The van der Waals surface area contributed by atoms with Crippen molar-refractivity contribution in [2.24, 2.45) is 5.92 Å². The van der Waals surface area contributed by atoms with E-state index in [-0.39, 0.29) is 12.1 Å². The number of ether oxygens (including phenoxy) is 1. The van der Waals surface area contributed by atoms with E-state index in [9.17, 15) is 4.79 Å². The Hall–Kier alpha value is -0.0500. The average Bonchev–Trinajstić information content (AvgIpc) is 1.92. The summed E-state index contributed by atoms with van der Waals surface area (Å²) < 4.78 is 5.18. The first kappa shape index (κ1) is 7.59. The van der Waals surface area contributed by atoms with Gasteiger partial charge in [0.2, 0.25) is 0 Å². The molecule has 3 atom stereocenters. The van der Waals surface area contributed by atoms with E-state index in [4.69, 9.17) is 4.74 Å². The molecule has 2 aliphatic rings. The number of esters is 1. The highest BCUT2D eigenvalue weighted by molar-refractivity contribution is 9.09. The van der Waals surface area contributed by atoms with Crippen LogP contribution in [0.2, 0.25) is 0 Å². The Morgan fingerprint density at radius 2 is 2.27 bits per heavy atom. The lowest BCUT2D eigenvalue weighted by atomic mass is 9.83. The van der Waals surface area contributed by atoms with Crippen molar-refractivity contribution in [1.29, 1.82) is 0 Å². The van der Waals surface area contributed by atoms with Crippen molar-refractivity contribution < 1.29 is 9.53 Å². The maximum absolute atomic E-state index is 11.0. The third-order valence-corrected chi connectivity index (χ3v) is 3.92. The maximum Gasteiger partial charge on any atom is 0.306 e. The number of halogens is 1. The molecule has 0 radical (unpaired) electrons. The minimum Gasteiger partial charge on any atom is -0.461 e. The van der Waals surface area contributed by atoms with Gasteiger partial charge in [0.25, 0.3) is 0 Å². The highest BCUT2D eigenvalue weighted by Crippen LogP contribution is 2.38. The Kier molecular flexibility index (Phi) is 1.91. The summed E-state index contributed by atoms with van der Waals surface area (Å²) in [5.41, 5.74) is 0. The Balaban J connectivity index is 2.12. The van der Waals surface area contributed by atoms with Gasteiger partial charge in [0, 0.05) is 6.42 Å². The summed E-state index contributed by atoms with van der Waals surface area (Å²) in [4.78, 5) is 11.4. The van der Waals surface area contributed by atoms with Crippen LogP contribution in [0.25, 0.3) is 0 Å². The molecule has 2 bridgehead atoms. The molecule has 1 unspecified atom stereocenters. The van der Waals surface area contributed by atoms with E-state index in [2.05, 4.69) is 15.9 Å². The molecule has 0 N–H and O–H groups in total. The van der Waals surface area contributed by atoms with Crippen LogP contribution < -0.4 is 0 Å². The van der Waals surface area contributed by atoms with Crippen LogP contribution in [-0.2, 0) is 9.53 Å². The molecule has 0 aromatic rings. The van der Waals surface area contributed by atoms with Gasteiger partial charge < -0.3 is 4.74 Å². The van der Waals surface area contributed by atoms with E-state index in [0.29, 0.717) is 17.2 Å². The van der Waals surface area contributed by atoms with Crippen molar-refractivity contribution in [3.05, 3.63) is 0 Å². The lowest BCUT2D eigenvalue weighted by molar-refractivity contribution is -0.158. The molecule has 1 saturated heterocycles. The van der Waals surface area contributed by atoms with E-state index in [0.717, 1.165) is 6.42 Å². The van der Waals surface area contributed by atoms with Crippen molar-refractivity contribution in [2.75, 3.05) is 0 Å². The van der Waals surface area contributed by atoms with Crippen LogP contribution >= 0.6 is 15.9 Å². The topological polar surface area (TPSA) is 26.3 Å². The van der Waals surface area contributed by atoms with E-state index in [1.807, 2.05) is 0 Å². The Morgan fingerprint density at radius 1 is 1.45 bits per heavy atom. The third kappa shape index (κ3) is 1.31. The third-order valence-electron chi connectivity index (χ3n) is 2.58. The SMILES string of the molecule is O=C1C[C@H]2CCC[C@@H](O1)C2Br. The normalized spacial score (nSPS) is 43.4. The molecule has 1 aliphatic heterocycles. The zero-order chi connectivity index (χ0) is 7.84. The summed E-state index contributed by atoms with van der Waals surface area (Å²) in [7, 11) is 0.